The third-order valence-corrected chi connectivity index (χ3v) is 7.32. The highest BCUT2D eigenvalue weighted by atomic mass is 19.1. The van der Waals surface area contributed by atoms with Gasteiger partial charge >= 0.3 is 0 Å². The molecule has 1 aliphatic heterocycles. The van der Waals surface area contributed by atoms with Crippen LogP contribution in [0.4, 0.5) is 4.39 Å². The molecule has 2 aromatic carbocycles. The summed E-state index contributed by atoms with van der Waals surface area (Å²) in [6, 6.07) is 14.2. The fraction of sp³-hybridized carbons (Fsp3) is 0.357. The van der Waals surface area contributed by atoms with Crippen LogP contribution in [0.5, 0.6) is 0 Å². The highest BCUT2D eigenvalue weighted by Crippen LogP contribution is 2.33. The van der Waals surface area contributed by atoms with Crippen LogP contribution in [0.15, 0.2) is 59.4 Å². The summed E-state index contributed by atoms with van der Waals surface area (Å²) >= 11 is 0. The summed E-state index contributed by atoms with van der Waals surface area (Å²) in [6.07, 6.45) is 3.76. The number of H-pyrrole nitrogens is 1. The van der Waals surface area contributed by atoms with Gasteiger partial charge < -0.3 is 4.98 Å². The molecule has 0 saturated carbocycles. The monoisotopic (exact) mass is 486 g/mol. The Balaban J connectivity index is 1.60. The first kappa shape index (κ1) is 24.1. The molecule has 0 spiro atoms. The highest BCUT2D eigenvalue weighted by molar-refractivity contribution is 5.79. The Labute approximate surface area is 209 Å². The van der Waals surface area contributed by atoms with E-state index in [0.717, 1.165) is 34.9 Å². The SMILES string of the molecule is CCC(C)(C)n1nnnc1C(c1cc2ccc(C)cc2[nH]c1=O)N1CC=C(c2ccc(F)cc2)CC1. The van der Waals surface area contributed by atoms with Gasteiger partial charge in [0.25, 0.3) is 5.56 Å². The third kappa shape index (κ3) is 4.48. The summed E-state index contributed by atoms with van der Waals surface area (Å²) in [5.74, 6) is 0.408. The number of hydrogen-bond acceptors (Lipinski definition) is 5. The molecule has 4 aromatic rings. The number of pyridine rings is 1. The molecule has 7 nitrogen and oxygen atoms in total. The first-order chi connectivity index (χ1) is 17.3. The van der Waals surface area contributed by atoms with E-state index in [1.165, 1.54) is 17.7 Å². The normalized spacial score (nSPS) is 15.8. The second kappa shape index (κ2) is 9.43. The minimum Gasteiger partial charge on any atom is -0.322 e. The second-order valence-electron chi connectivity index (χ2n) is 10.1. The fourth-order valence-electron chi connectivity index (χ4n) is 4.82. The van der Waals surface area contributed by atoms with Gasteiger partial charge in [0.05, 0.1) is 5.54 Å². The van der Waals surface area contributed by atoms with Gasteiger partial charge in [0.1, 0.15) is 11.9 Å². The fourth-order valence-corrected chi connectivity index (χ4v) is 4.82. The Bertz CT molecular complexity index is 1480. The van der Waals surface area contributed by atoms with E-state index < -0.39 is 6.04 Å². The number of benzene rings is 2. The van der Waals surface area contributed by atoms with E-state index in [9.17, 15) is 9.18 Å². The van der Waals surface area contributed by atoms with Crippen LogP contribution in [-0.4, -0.2) is 43.2 Å². The zero-order chi connectivity index (χ0) is 25.4. The first-order valence-electron chi connectivity index (χ1n) is 12.4. The Morgan fingerprint density at radius 1 is 1.14 bits per heavy atom. The lowest BCUT2D eigenvalue weighted by atomic mass is 9.95. The number of fused-ring (bicyclic) bond motifs is 1. The molecular weight excluding hydrogens is 455 g/mol. The predicted octanol–water partition coefficient (Wildman–Crippen LogP) is 4.99. The smallest absolute Gasteiger partial charge is 0.253 e. The van der Waals surface area contributed by atoms with Crippen molar-refractivity contribution in [1.29, 1.82) is 0 Å². The Morgan fingerprint density at radius 3 is 2.61 bits per heavy atom. The van der Waals surface area contributed by atoms with Crippen molar-refractivity contribution in [3.05, 3.63) is 93.3 Å². The maximum atomic E-state index is 13.5. The molecule has 0 radical (unpaired) electrons. The predicted molar refractivity (Wildman–Crippen MR) is 139 cm³/mol. The maximum Gasteiger partial charge on any atom is 0.253 e. The van der Waals surface area contributed by atoms with E-state index in [0.29, 0.717) is 24.5 Å². The van der Waals surface area contributed by atoms with Crippen LogP contribution in [0, 0.1) is 12.7 Å². The zero-order valence-corrected chi connectivity index (χ0v) is 21.1. The number of tetrazole rings is 1. The number of halogens is 1. The van der Waals surface area contributed by atoms with Crippen LogP contribution in [0.1, 0.15) is 62.2 Å². The van der Waals surface area contributed by atoms with E-state index in [4.69, 9.17) is 0 Å². The molecule has 1 aliphatic rings. The molecule has 0 bridgehead atoms. The lowest BCUT2D eigenvalue weighted by molar-refractivity contribution is 0.211. The summed E-state index contributed by atoms with van der Waals surface area (Å²) in [5, 5.41) is 13.8. The summed E-state index contributed by atoms with van der Waals surface area (Å²) < 4.78 is 15.3. The van der Waals surface area contributed by atoms with Crippen molar-refractivity contribution in [2.45, 2.75) is 52.1 Å². The number of hydrogen-bond donors (Lipinski definition) is 1. The van der Waals surface area contributed by atoms with E-state index in [2.05, 4.69) is 52.3 Å². The van der Waals surface area contributed by atoms with Gasteiger partial charge in [-0.05, 0) is 90.4 Å². The van der Waals surface area contributed by atoms with Crippen molar-refractivity contribution in [2.24, 2.45) is 0 Å². The summed E-state index contributed by atoms with van der Waals surface area (Å²) in [7, 11) is 0. The number of nitrogens with zero attached hydrogens (tertiary/aromatic N) is 5. The van der Waals surface area contributed by atoms with Crippen LogP contribution in [-0.2, 0) is 5.54 Å². The molecule has 1 unspecified atom stereocenters. The van der Waals surface area contributed by atoms with Gasteiger partial charge in [-0.3, -0.25) is 9.69 Å². The lowest BCUT2D eigenvalue weighted by Crippen LogP contribution is -2.40. The van der Waals surface area contributed by atoms with E-state index in [1.54, 1.807) is 0 Å². The number of aromatic amines is 1. The topological polar surface area (TPSA) is 79.7 Å². The summed E-state index contributed by atoms with van der Waals surface area (Å²) in [4.78, 5) is 18.8. The summed E-state index contributed by atoms with van der Waals surface area (Å²) in [5.41, 5.74) is 4.25. The Hall–Kier alpha value is -3.65. The molecule has 36 heavy (non-hydrogen) atoms. The summed E-state index contributed by atoms with van der Waals surface area (Å²) in [6.45, 7) is 9.62. The van der Waals surface area contributed by atoms with Gasteiger partial charge in [-0.1, -0.05) is 37.3 Å². The van der Waals surface area contributed by atoms with Crippen LogP contribution < -0.4 is 5.56 Å². The van der Waals surface area contributed by atoms with Gasteiger partial charge in [0, 0.05) is 24.2 Å². The largest absolute Gasteiger partial charge is 0.322 e. The molecular formula is C28H31FN6O. The maximum absolute atomic E-state index is 13.5. The van der Waals surface area contributed by atoms with Gasteiger partial charge in [0.2, 0.25) is 0 Å². The highest BCUT2D eigenvalue weighted by Gasteiger charge is 2.34. The standard InChI is InChI=1S/C28H31FN6O/c1-5-28(3,4)35-26(31-32-33-35)25(23-17-21-7-6-18(2)16-24(21)30-27(23)36)34-14-12-20(13-15-34)19-8-10-22(29)11-9-19/h6-12,16-17,25H,5,13-15H2,1-4H3,(H,30,36). The molecule has 2 aromatic heterocycles. The minimum atomic E-state index is -0.425. The van der Waals surface area contributed by atoms with Crippen molar-refractivity contribution in [1.82, 2.24) is 30.1 Å². The average molecular weight is 487 g/mol. The van der Waals surface area contributed by atoms with Crippen molar-refractivity contribution in [3.8, 4) is 0 Å². The van der Waals surface area contributed by atoms with Crippen LogP contribution in [0.3, 0.4) is 0 Å². The van der Waals surface area contributed by atoms with E-state index >= 15 is 0 Å². The molecule has 8 heteroatoms. The van der Waals surface area contributed by atoms with E-state index in [1.807, 2.05) is 48.0 Å². The Morgan fingerprint density at radius 2 is 1.92 bits per heavy atom. The molecule has 1 atom stereocenters. The number of nitrogens with one attached hydrogen (secondary N) is 1. The molecule has 1 N–H and O–H groups in total. The van der Waals surface area contributed by atoms with Crippen molar-refractivity contribution in [3.63, 3.8) is 0 Å². The van der Waals surface area contributed by atoms with Crippen molar-refractivity contribution >= 4 is 16.5 Å². The Kier molecular flexibility index (Phi) is 6.30. The molecule has 0 amide bonds. The lowest BCUT2D eigenvalue weighted by Gasteiger charge is -2.35. The van der Waals surface area contributed by atoms with Crippen LogP contribution in [0.2, 0.25) is 0 Å². The van der Waals surface area contributed by atoms with Gasteiger partial charge in [-0.15, -0.1) is 5.10 Å². The van der Waals surface area contributed by atoms with Gasteiger partial charge in [-0.2, -0.15) is 0 Å². The van der Waals surface area contributed by atoms with Crippen molar-refractivity contribution < 1.29 is 4.39 Å². The molecule has 3 heterocycles. The minimum absolute atomic E-state index is 0.143. The molecule has 186 valence electrons. The van der Waals surface area contributed by atoms with Gasteiger partial charge in [0.15, 0.2) is 5.82 Å². The number of aromatic nitrogens is 5. The average Bonchev–Trinajstić information content (AvgIpc) is 3.36. The first-order valence-corrected chi connectivity index (χ1v) is 12.4. The number of aryl methyl sites for hydroxylation is 1. The third-order valence-electron chi connectivity index (χ3n) is 7.32. The second-order valence-corrected chi connectivity index (χ2v) is 10.1. The molecule has 0 fully saturated rings. The van der Waals surface area contributed by atoms with E-state index in [-0.39, 0.29) is 16.9 Å². The molecule has 0 aliphatic carbocycles. The quantitative estimate of drug-likeness (QED) is 0.416. The van der Waals surface area contributed by atoms with Crippen LogP contribution in [0.25, 0.3) is 16.5 Å². The van der Waals surface area contributed by atoms with Crippen molar-refractivity contribution in [2.75, 3.05) is 13.1 Å². The molecule has 0 saturated heterocycles. The molecule has 5 rings (SSSR count). The zero-order valence-electron chi connectivity index (χ0n) is 21.1. The van der Waals surface area contributed by atoms with Crippen LogP contribution >= 0.6 is 0 Å². The number of rotatable bonds is 6. The van der Waals surface area contributed by atoms with Gasteiger partial charge in [-0.25, -0.2) is 9.07 Å².